The van der Waals surface area contributed by atoms with Crippen LogP contribution in [0.4, 0.5) is 5.69 Å². The van der Waals surface area contributed by atoms with E-state index >= 15 is 0 Å². The fourth-order valence-corrected chi connectivity index (χ4v) is 7.50. The highest BCUT2D eigenvalue weighted by Gasteiger charge is 2.80. The zero-order valence-corrected chi connectivity index (χ0v) is 20.2. The number of ketones is 3. The van der Waals surface area contributed by atoms with E-state index in [4.69, 9.17) is 4.74 Å². The molecule has 3 atom stereocenters. The van der Waals surface area contributed by atoms with Crippen molar-refractivity contribution in [1.29, 1.82) is 0 Å². The summed E-state index contributed by atoms with van der Waals surface area (Å²) < 4.78 is 5.27. The maximum Gasteiger partial charge on any atom is 0.237 e. The smallest absolute Gasteiger partial charge is 0.237 e. The van der Waals surface area contributed by atoms with Gasteiger partial charge in [0, 0.05) is 28.4 Å². The van der Waals surface area contributed by atoms with Crippen molar-refractivity contribution in [3.05, 3.63) is 95.1 Å². The summed E-state index contributed by atoms with van der Waals surface area (Å²) in [6, 6.07) is 20.3. The summed E-state index contributed by atoms with van der Waals surface area (Å²) >= 11 is 0. The number of ether oxygens (including phenoxy) is 1. The lowest BCUT2D eigenvalue weighted by molar-refractivity contribution is -0.122. The first-order valence-corrected chi connectivity index (χ1v) is 12.5. The summed E-state index contributed by atoms with van der Waals surface area (Å²) in [5.41, 5.74) is -0.895. The van der Waals surface area contributed by atoms with Crippen molar-refractivity contribution in [3.8, 4) is 5.75 Å². The molecule has 37 heavy (non-hydrogen) atoms. The molecule has 3 aromatic rings. The van der Waals surface area contributed by atoms with E-state index in [0.717, 1.165) is 6.42 Å². The molecule has 0 aromatic heterocycles. The Hall–Kier alpha value is -4.10. The summed E-state index contributed by atoms with van der Waals surface area (Å²) in [5, 5.41) is 2.99. The van der Waals surface area contributed by atoms with Crippen LogP contribution in [0.1, 0.15) is 49.5 Å². The van der Waals surface area contributed by atoms with Crippen molar-refractivity contribution in [3.63, 3.8) is 0 Å². The molecule has 4 aliphatic rings. The molecule has 0 bridgehead atoms. The molecule has 0 radical (unpaired) electrons. The summed E-state index contributed by atoms with van der Waals surface area (Å²) in [6.45, 7) is 0.458. The number of methoxy groups -OCH3 is 1. The van der Waals surface area contributed by atoms with Gasteiger partial charge in [-0.15, -0.1) is 0 Å². The first-order valence-electron chi connectivity index (χ1n) is 12.5. The van der Waals surface area contributed by atoms with Crippen LogP contribution in [0, 0.1) is 5.92 Å². The minimum atomic E-state index is -1.78. The van der Waals surface area contributed by atoms with E-state index in [2.05, 4.69) is 5.32 Å². The predicted octanol–water partition coefficient (Wildman–Crippen LogP) is 3.68. The SMILES string of the molecule is COc1ccc(C(=O)C2C3(C(=O)Nc4ccccc43)C3CCCN3C23C(=O)c2ccccc2C3=O)cc1. The number of amides is 1. The molecule has 3 unspecified atom stereocenters. The predicted molar refractivity (Wildman–Crippen MR) is 135 cm³/mol. The zero-order chi connectivity index (χ0) is 25.5. The number of benzene rings is 3. The first-order chi connectivity index (χ1) is 18.0. The quantitative estimate of drug-likeness (QED) is 0.443. The normalized spacial score (nSPS) is 26.9. The minimum absolute atomic E-state index is 0.314. The molecule has 3 heterocycles. The molecule has 1 N–H and O–H groups in total. The first kappa shape index (κ1) is 22.1. The van der Waals surface area contributed by atoms with Gasteiger partial charge in [0.05, 0.1) is 13.0 Å². The summed E-state index contributed by atoms with van der Waals surface area (Å²) in [6.07, 6.45) is 1.33. The van der Waals surface area contributed by atoms with Crippen LogP contribution in [-0.4, -0.2) is 53.4 Å². The van der Waals surface area contributed by atoms with Crippen LogP contribution >= 0.6 is 0 Å². The van der Waals surface area contributed by atoms with Crippen LogP contribution in [-0.2, 0) is 10.2 Å². The maximum absolute atomic E-state index is 14.6. The number of hydrogen-bond donors (Lipinski definition) is 1. The Morgan fingerprint density at radius 1 is 0.919 bits per heavy atom. The van der Waals surface area contributed by atoms with Crippen molar-refractivity contribution >= 4 is 28.9 Å². The maximum atomic E-state index is 14.6. The van der Waals surface area contributed by atoms with E-state index in [-0.39, 0.29) is 17.5 Å². The summed E-state index contributed by atoms with van der Waals surface area (Å²) in [7, 11) is 1.54. The van der Waals surface area contributed by atoms with Gasteiger partial charge in [-0.1, -0.05) is 42.5 Å². The van der Waals surface area contributed by atoms with E-state index in [1.54, 1.807) is 55.6 Å². The fraction of sp³-hybridized carbons (Fsp3) is 0.267. The third-order valence-corrected chi connectivity index (χ3v) is 8.85. The topological polar surface area (TPSA) is 92.8 Å². The molecule has 3 aromatic carbocycles. The average Bonchev–Trinajstić information content (AvgIpc) is 3.64. The fourth-order valence-electron chi connectivity index (χ4n) is 7.50. The molecule has 2 saturated heterocycles. The summed E-state index contributed by atoms with van der Waals surface area (Å²) in [4.78, 5) is 59.5. The van der Waals surface area contributed by atoms with E-state index in [1.165, 1.54) is 0 Å². The molecular formula is C30H24N2O5. The van der Waals surface area contributed by atoms with Crippen LogP contribution in [0.15, 0.2) is 72.8 Å². The number of fused-ring (bicyclic) bond motifs is 6. The number of hydrogen-bond acceptors (Lipinski definition) is 6. The number of rotatable bonds is 3. The second-order valence-electron chi connectivity index (χ2n) is 10.2. The van der Waals surface area contributed by atoms with Crippen molar-refractivity contribution in [2.24, 2.45) is 5.92 Å². The Morgan fingerprint density at radius 3 is 2.24 bits per heavy atom. The third-order valence-electron chi connectivity index (χ3n) is 8.85. The van der Waals surface area contributed by atoms with E-state index in [0.29, 0.717) is 46.7 Å². The molecule has 1 amide bonds. The van der Waals surface area contributed by atoms with Gasteiger partial charge in [0.15, 0.2) is 22.9 Å². The van der Waals surface area contributed by atoms with Crippen molar-refractivity contribution in [1.82, 2.24) is 4.90 Å². The van der Waals surface area contributed by atoms with Crippen LogP contribution in [0.2, 0.25) is 0 Å². The Kier molecular flexibility index (Phi) is 4.46. The van der Waals surface area contributed by atoms with Gasteiger partial charge in [-0.05, 0) is 55.3 Å². The number of Topliss-reactive ketones (excluding diaryl/α,β-unsaturated/α-hetero) is 3. The molecule has 184 valence electrons. The third kappa shape index (κ3) is 2.45. The van der Waals surface area contributed by atoms with Gasteiger partial charge < -0.3 is 10.1 Å². The number of nitrogens with zero attached hydrogens (tertiary/aromatic N) is 1. The van der Waals surface area contributed by atoms with E-state index in [1.807, 2.05) is 29.2 Å². The van der Waals surface area contributed by atoms with E-state index in [9.17, 15) is 19.2 Å². The van der Waals surface area contributed by atoms with Crippen LogP contribution in [0.25, 0.3) is 0 Å². The highest BCUT2D eigenvalue weighted by molar-refractivity contribution is 6.36. The Balaban J connectivity index is 1.55. The highest BCUT2D eigenvalue weighted by atomic mass is 16.5. The molecule has 7 nitrogen and oxygen atoms in total. The van der Waals surface area contributed by atoms with Gasteiger partial charge in [0.1, 0.15) is 11.2 Å². The van der Waals surface area contributed by atoms with Gasteiger partial charge in [-0.25, -0.2) is 0 Å². The average molecular weight is 493 g/mol. The molecule has 0 saturated carbocycles. The molecule has 3 aliphatic heterocycles. The molecule has 1 aliphatic carbocycles. The number of para-hydroxylation sites is 1. The van der Waals surface area contributed by atoms with Crippen molar-refractivity contribution in [2.75, 3.05) is 19.0 Å². The Labute approximate surface area is 213 Å². The van der Waals surface area contributed by atoms with Gasteiger partial charge >= 0.3 is 0 Å². The number of nitrogens with one attached hydrogen (secondary N) is 1. The molecular weight excluding hydrogens is 468 g/mol. The second-order valence-corrected chi connectivity index (χ2v) is 10.2. The minimum Gasteiger partial charge on any atom is -0.497 e. The lowest BCUT2D eigenvalue weighted by Crippen LogP contribution is -2.60. The van der Waals surface area contributed by atoms with Crippen LogP contribution < -0.4 is 10.1 Å². The number of carbonyl (C=O) groups excluding carboxylic acids is 4. The van der Waals surface area contributed by atoms with Crippen molar-refractivity contribution < 1.29 is 23.9 Å². The highest BCUT2D eigenvalue weighted by Crippen LogP contribution is 2.63. The Morgan fingerprint density at radius 2 is 1.57 bits per heavy atom. The second kappa shape index (κ2) is 7.46. The van der Waals surface area contributed by atoms with Gasteiger partial charge in [0.25, 0.3) is 0 Å². The molecule has 7 rings (SSSR count). The van der Waals surface area contributed by atoms with Crippen molar-refractivity contribution in [2.45, 2.75) is 29.8 Å². The molecule has 7 heteroatoms. The zero-order valence-electron chi connectivity index (χ0n) is 20.2. The monoisotopic (exact) mass is 492 g/mol. The van der Waals surface area contributed by atoms with Gasteiger partial charge in [-0.3, -0.25) is 24.1 Å². The standard InChI is InChI=1S/C30H24N2O5/c1-37-18-14-12-17(13-15-18)24(33)25-29(21-9-4-5-10-22(21)31-28(29)36)23-11-6-16-32(23)30(25)26(34)19-7-2-3-8-20(19)27(30)35/h2-5,7-10,12-15,23,25H,6,11,16H2,1H3,(H,31,36). The van der Waals surface area contributed by atoms with Gasteiger partial charge in [0.2, 0.25) is 5.91 Å². The lowest BCUT2D eigenvalue weighted by atomic mass is 9.60. The van der Waals surface area contributed by atoms with Crippen LogP contribution in [0.5, 0.6) is 5.75 Å². The summed E-state index contributed by atoms with van der Waals surface area (Å²) in [5.74, 6) is -2.14. The number of anilines is 1. The Bertz CT molecular complexity index is 1490. The molecule has 2 spiro atoms. The lowest BCUT2D eigenvalue weighted by Gasteiger charge is -2.37. The van der Waals surface area contributed by atoms with Gasteiger partial charge in [-0.2, -0.15) is 0 Å². The number of carbonyl (C=O) groups is 4. The largest absolute Gasteiger partial charge is 0.497 e. The van der Waals surface area contributed by atoms with E-state index < -0.39 is 28.7 Å². The van der Waals surface area contributed by atoms with Crippen LogP contribution in [0.3, 0.4) is 0 Å². The molecule has 2 fully saturated rings.